The van der Waals surface area contributed by atoms with Crippen molar-refractivity contribution in [3.05, 3.63) is 47.6 Å². The predicted octanol–water partition coefficient (Wildman–Crippen LogP) is 1.40. The van der Waals surface area contributed by atoms with E-state index in [0.29, 0.717) is 34.4 Å². The maximum absolute atomic E-state index is 12.1. The van der Waals surface area contributed by atoms with Crippen LogP contribution < -0.4 is 5.32 Å². The van der Waals surface area contributed by atoms with Gasteiger partial charge in [-0.25, -0.2) is 9.97 Å². The molecule has 0 fully saturated rings. The summed E-state index contributed by atoms with van der Waals surface area (Å²) >= 11 is 0. The molecule has 22 heavy (non-hydrogen) atoms. The van der Waals surface area contributed by atoms with Gasteiger partial charge in [-0.15, -0.1) is 0 Å². The molecule has 8 heteroatoms. The van der Waals surface area contributed by atoms with Gasteiger partial charge in [-0.1, -0.05) is 0 Å². The van der Waals surface area contributed by atoms with Gasteiger partial charge in [-0.3, -0.25) is 14.9 Å². The number of aryl methyl sites for hydroxylation is 2. The molecule has 112 valence electrons. The number of H-pyrrole nitrogens is 1. The van der Waals surface area contributed by atoms with E-state index in [1.165, 1.54) is 0 Å². The molecule has 0 aliphatic heterocycles. The number of carbonyl (C=O) groups is 1. The van der Waals surface area contributed by atoms with E-state index < -0.39 is 0 Å². The number of carbonyl (C=O) groups excluding carboxylic acids is 1. The lowest BCUT2D eigenvalue weighted by molar-refractivity contribution is 0.0948. The second kappa shape index (κ2) is 5.76. The molecule has 0 unspecified atom stereocenters. The molecule has 3 aromatic heterocycles. The van der Waals surface area contributed by atoms with Crippen molar-refractivity contribution >= 4 is 5.91 Å². The second-order valence-electron chi connectivity index (χ2n) is 4.71. The lowest BCUT2D eigenvalue weighted by Gasteiger charge is -2.01. The molecular formula is C14H14N6O2. The Balaban J connectivity index is 1.66. The topological polar surface area (TPSA) is 110 Å². The number of furan rings is 1. The van der Waals surface area contributed by atoms with Crippen molar-refractivity contribution in [1.82, 2.24) is 30.5 Å². The van der Waals surface area contributed by atoms with Gasteiger partial charge in [0.1, 0.15) is 23.0 Å². The van der Waals surface area contributed by atoms with Crippen molar-refractivity contribution in [2.45, 2.75) is 20.4 Å². The number of hydrogen-bond acceptors (Lipinski definition) is 6. The van der Waals surface area contributed by atoms with Crippen LogP contribution in [0.2, 0.25) is 0 Å². The number of aromatic nitrogens is 5. The second-order valence-corrected chi connectivity index (χ2v) is 4.71. The van der Waals surface area contributed by atoms with E-state index in [4.69, 9.17) is 4.42 Å². The molecular weight excluding hydrogens is 284 g/mol. The first-order chi connectivity index (χ1) is 10.6. The first-order valence-corrected chi connectivity index (χ1v) is 6.66. The summed E-state index contributed by atoms with van der Waals surface area (Å²) in [6.45, 7) is 3.78. The van der Waals surface area contributed by atoms with E-state index in [2.05, 4.69) is 30.5 Å². The Morgan fingerprint density at radius 1 is 1.36 bits per heavy atom. The van der Waals surface area contributed by atoms with Crippen molar-refractivity contribution in [2.75, 3.05) is 0 Å². The van der Waals surface area contributed by atoms with Crippen LogP contribution in [0, 0.1) is 13.8 Å². The average molecular weight is 298 g/mol. The zero-order chi connectivity index (χ0) is 15.5. The standard InChI is InChI=1S/C14H14N6O2/c1-8-5-10(9(2)22-8)14(21)17-7-12-18-13(20-19-12)11-6-15-3-4-16-11/h3-6H,7H2,1-2H3,(H,17,21)(H,18,19,20). The predicted molar refractivity (Wildman–Crippen MR) is 76.8 cm³/mol. The highest BCUT2D eigenvalue weighted by Crippen LogP contribution is 2.13. The molecule has 3 aromatic rings. The lowest BCUT2D eigenvalue weighted by Crippen LogP contribution is -2.23. The zero-order valence-electron chi connectivity index (χ0n) is 12.1. The molecule has 3 rings (SSSR count). The fourth-order valence-electron chi connectivity index (χ4n) is 2.02. The molecule has 0 radical (unpaired) electrons. The molecule has 0 bridgehead atoms. The highest BCUT2D eigenvalue weighted by Gasteiger charge is 2.14. The van der Waals surface area contributed by atoms with E-state index in [1.807, 2.05) is 0 Å². The summed E-state index contributed by atoms with van der Waals surface area (Å²) < 4.78 is 5.34. The molecule has 0 saturated carbocycles. The summed E-state index contributed by atoms with van der Waals surface area (Å²) in [5.74, 6) is 2.05. The summed E-state index contributed by atoms with van der Waals surface area (Å²) in [6, 6.07) is 1.70. The Morgan fingerprint density at radius 3 is 2.91 bits per heavy atom. The van der Waals surface area contributed by atoms with E-state index in [0.717, 1.165) is 0 Å². The number of rotatable bonds is 4. The summed E-state index contributed by atoms with van der Waals surface area (Å²) in [4.78, 5) is 24.4. The van der Waals surface area contributed by atoms with Crippen molar-refractivity contribution in [2.24, 2.45) is 0 Å². The zero-order valence-corrected chi connectivity index (χ0v) is 12.1. The molecule has 0 saturated heterocycles. The van der Waals surface area contributed by atoms with Crippen LogP contribution in [0.3, 0.4) is 0 Å². The van der Waals surface area contributed by atoms with Crippen molar-refractivity contribution in [1.29, 1.82) is 0 Å². The van der Waals surface area contributed by atoms with Crippen molar-refractivity contribution in [3.63, 3.8) is 0 Å². The molecule has 1 amide bonds. The summed E-state index contributed by atoms with van der Waals surface area (Å²) in [6.07, 6.45) is 4.72. The van der Waals surface area contributed by atoms with Gasteiger partial charge in [0, 0.05) is 12.4 Å². The maximum Gasteiger partial charge on any atom is 0.255 e. The molecule has 0 spiro atoms. The first-order valence-electron chi connectivity index (χ1n) is 6.66. The first kappa shape index (κ1) is 13.9. The van der Waals surface area contributed by atoms with Crippen LogP contribution in [-0.4, -0.2) is 31.1 Å². The van der Waals surface area contributed by atoms with Crippen molar-refractivity contribution in [3.8, 4) is 11.5 Å². The van der Waals surface area contributed by atoms with Gasteiger partial charge in [0.25, 0.3) is 5.91 Å². The molecule has 2 N–H and O–H groups in total. The minimum Gasteiger partial charge on any atom is -0.466 e. The maximum atomic E-state index is 12.1. The minimum atomic E-state index is -0.216. The van der Waals surface area contributed by atoms with Gasteiger partial charge in [-0.2, -0.15) is 5.10 Å². The quantitative estimate of drug-likeness (QED) is 0.753. The van der Waals surface area contributed by atoms with Crippen molar-refractivity contribution < 1.29 is 9.21 Å². The van der Waals surface area contributed by atoms with Crippen LogP contribution in [0.5, 0.6) is 0 Å². The Kier molecular flexibility index (Phi) is 3.65. The fourth-order valence-corrected chi connectivity index (χ4v) is 2.02. The van der Waals surface area contributed by atoms with Crippen LogP contribution in [0.25, 0.3) is 11.5 Å². The van der Waals surface area contributed by atoms with Crippen LogP contribution in [0.15, 0.2) is 29.1 Å². The molecule has 8 nitrogen and oxygen atoms in total. The van der Waals surface area contributed by atoms with E-state index in [1.54, 1.807) is 38.5 Å². The van der Waals surface area contributed by atoms with E-state index >= 15 is 0 Å². The van der Waals surface area contributed by atoms with Gasteiger partial charge < -0.3 is 9.73 Å². The summed E-state index contributed by atoms with van der Waals surface area (Å²) in [5.41, 5.74) is 1.09. The van der Waals surface area contributed by atoms with Gasteiger partial charge in [0.2, 0.25) is 5.82 Å². The minimum absolute atomic E-state index is 0.216. The molecule has 3 heterocycles. The Bertz CT molecular complexity index is 793. The Labute approximate surface area is 126 Å². The number of hydrogen-bond donors (Lipinski definition) is 2. The van der Waals surface area contributed by atoms with Gasteiger partial charge >= 0.3 is 0 Å². The number of amides is 1. The lowest BCUT2D eigenvalue weighted by atomic mass is 10.2. The van der Waals surface area contributed by atoms with Crippen LogP contribution in [-0.2, 0) is 6.54 Å². The average Bonchev–Trinajstić information content (AvgIpc) is 3.12. The van der Waals surface area contributed by atoms with Crippen LogP contribution in [0.4, 0.5) is 0 Å². The summed E-state index contributed by atoms with van der Waals surface area (Å²) in [7, 11) is 0. The third-order valence-electron chi connectivity index (χ3n) is 3.03. The molecule has 0 aliphatic carbocycles. The van der Waals surface area contributed by atoms with Gasteiger partial charge in [0.15, 0.2) is 0 Å². The van der Waals surface area contributed by atoms with Gasteiger partial charge in [-0.05, 0) is 19.9 Å². The van der Waals surface area contributed by atoms with Crippen LogP contribution >= 0.6 is 0 Å². The molecule has 0 aliphatic rings. The number of nitrogens with zero attached hydrogens (tertiary/aromatic N) is 4. The SMILES string of the molecule is Cc1cc(C(=O)NCc2nc(-c3cnccn3)n[nH]2)c(C)o1. The fraction of sp³-hybridized carbons (Fsp3) is 0.214. The van der Waals surface area contributed by atoms with E-state index in [9.17, 15) is 4.79 Å². The number of aromatic amines is 1. The highest BCUT2D eigenvalue weighted by atomic mass is 16.3. The molecule has 0 aromatic carbocycles. The largest absolute Gasteiger partial charge is 0.466 e. The number of nitrogens with one attached hydrogen (secondary N) is 2. The monoisotopic (exact) mass is 298 g/mol. The van der Waals surface area contributed by atoms with Crippen LogP contribution in [0.1, 0.15) is 27.7 Å². The van der Waals surface area contributed by atoms with E-state index in [-0.39, 0.29) is 12.5 Å². The third kappa shape index (κ3) is 2.85. The summed E-state index contributed by atoms with van der Waals surface area (Å²) in [5, 5.41) is 9.58. The molecule has 0 atom stereocenters. The smallest absolute Gasteiger partial charge is 0.255 e. The van der Waals surface area contributed by atoms with Gasteiger partial charge in [0.05, 0.1) is 18.3 Å². The Hall–Kier alpha value is -3.03. The normalized spacial score (nSPS) is 10.6. The Morgan fingerprint density at radius 2 is 2.23 bits per heavy atom. The highest BCUT2D eigenvalue weighted by molar-refractivity contribution is 5.95. The third-order valence-corrected chi connectivity index (χ3v) is 3.03.